The molecule has 0 aromatic rings. The Morgan fingerprint density at radius 2 is 2.06 bits per heavy atom. The van der Waals surface area contributed by atoms with Crippen molar-refractivity contribution >= 4 is 11.9 Å². The highest BCUT2D eigenvalue weighted by Crippen LogP contribution is 2.16. The third-order valence-electron chi connectivity index (χ3n) is 2.94. The summed E-state index contributed by atoms with van der Waals surface area (Å²) in [5.74, 6) is -1.33. The summed E-state index contributed by atoms with van der Waals surface area (Å²) in [6, 6.07) is 0.00984. The average molecular weight is 258 g/mol. The Kier molecular flexibility index (Phi) is 5.10. The van der Waals surface area contributed by atoms with Crippen LogP contribution in [0.3, 0.4) is 0 Å². The van der Waals surface area contributed by atoms with E-state index in [1.54, 1.807) is 13.8 Å². The van der Waals surface area contributed by atoms with Crippen LogP contribution in [-0.4, -0.2) is 48.3 Å². The van der Waals surface area contributed by atoms with Gasteiger partial charge in [0.1, 0.15) is 0 Å². The Hall–Kier alpha value is -1.14. The van der Waals surface area contributed by atoms with E-state index in [9.17, 15) is 9.59 Å². The highest BCUT2D eigenvalue weighted by Gasteiger charge is 2.36. The smallest absolute Gasteiger partial charge is 0.305 e. The third-order valence-corrected chi connectivity index (χ3v) is 2.94. The van der Waals surface area contributed by atoms with E-state index in [1.807, 2.05) is 6.92 Å². The quantitative estimate of drug-likeness (QED) is 0.623. The van der Waals surface area contributed by atoms with E-state index in [0.717, 1.165) is 6.54 Å². The molecule has 0 bridgehead atoms. The number of amides is 1. The van der Waals surface area contributed by atoms with Gasteiger partial charge in [0, 0.05) is 11.6 Å². The van der Waals surface area contributed by atoms with Crippen LogP contribution in [0.1, 0.15) is 27.2 Å². The number of carboxylic acids is 1. The fourth-order valence-electron chi connectivity index (χ4n) is 2.12. The van der Waals surface area contributed by atoms with Gasteiger partial charge in [0.05, 0.1) is 25.6 Å². The summed E-state index contributed by atoms with van der Waals surface area (Å²) in [6.07, 6.45) is -0.0990. The second kappa shape index (κ2) is 6.15. The lowest BCUT2D eigenvalue weighted by atomic mass is 9.97. The highest BCUT2D eigenvalue weighted by atomic mass is 16.5. The second-order valence-corrected chi connectivity index (χ2v) is 5.25. The lowest BCUT2D eigenvalue weighted by Crippen LogP contribution is -2.51. The summed E-state index contributed by atoms with van der Waals surface area (Å²) in [5, 5.41) is 14.8. The van der Waals surface area contributed by atoms with E-state index in [4.69, 9.17) is 9.84 Å². The monoisotopic (exact) mass is 258 g/mol. The molecule has 1 aliphatic rings. The van der Waals surface area contributed by atoms with Crippen molar-refractivity contribution in [1.82, 2.24) is 10.6 Å². The normalized spacial score (nSPS) is 23.9. The van der Waals surface area contributed by atoms with Crippen molar-refractivity contribution in [2.45, 2.75) is 38.8 Å². The number of hydrogen-bond donors (Lipinski definition) is 3. The molecule has 1 aliphatic heterocycles. The lowest BCUT2D eigenvalue weighted by molar-refractivity contribution is -0.139. The topological polar surface area (TPSA) is 87.7 Å². The Bertz CT molecular complexity index is 317. The van der Waals surface area contributed by atoms with Gasteiger partial charge in [-0.3, -0.25) is 9.59 Å². The van der Waals surface area contributed by atoms with Crippen LogP contribution < -0.4 is 10.6 Å². The maximum Gasteiger partial charge on any atom is 0.305 e. The summed E-state index contributed by atoms with van der Waals surface area (Å²) in [4.78, 5) is 22.8. The summed E-state index contributed by atoms with van der Waals surface area (Å²) < 4.78 is 5.30. The van der Waals surface area contributed by atoms with Gasteiger partial charge in [-0.25, -0.2) is 0 Å². The maximum absolute atomic E-state index is 12.1. The lowest BCUT2D eigenvalue weighted by Gasteiger charge is -2.27. The Morgan fingerprint density at radius 1 is 1.39 bits per heavy atom. The third kappa shape index (κ3) is 4.27. The van der Waals surface area contributed by atoms with Crippen molar-refractivity contribution in [3.63, 3.8) is 0 Å². The molecule has 3 N–H and O–H groups in total. The molecule has 1 rings (SSSR count). The first-order valence-corrected chi connectivity index (χ1v) is 6.20. The molecule has 2 unspecified atom stereocenters. The van der Waals surface area contributed by atoms with E-state index in [1.165, 1.54) is 0 Å². The fraction of sp³-hybridized carbons (Fsp3) is 0.833. The number of ether oxygens (including phenoxy) is 1. The summed E-state index contributed by atoms with van der Waals surface area (Å²) in [5.41, 5.74) is -0.748. The van der Waals surface area contributed by atoms with Crippen LogP contribution >= 0.6 is 0 Å². The average Bonchev–Trinajstić information content (AvgIpc) is 2.63. The minimum atomic E-state index is -0.925. The fourth-order valence-corrected chi connectivity index (χ4v) is 2.12. The van der Waals surface area contributed by atoms with Crippen molar-refractivity contribution in [3.8, 4) is 0 Å². The Balaban J connectivity index is 2.56. The van der Waals surface area contributed by atoms with Gasteiger partial charge in [0.2, 0.25) is 5.91 Å². The molecule has 0 radical (unpaired) electrons. The molecule has 0 spiro atoms. The Labute approximate surface area is 107 Å². The predicted molar refractivity (Wildman–Crippen MR) is 66.2 cm³/mol. The van der Waals surface area contributed by atoms with Crippen LogP contribution in [-0.2, 0) is 14.3 Å². The second-order valence-electron chi connectivity index (χ2n) is 5.25. The van der Waals surface area contributed by atoms with Gasteiger partial charge < -0.3 is 20.5 Å². The number of hydrogen-bond acceptors (Lipinski definition) is 4. The molecule has 0 aromatic carbocycles. The highest BCUT2D eigenvalue weighted by molar-refractivity contribution is 5.81. The first-order chi connectivity index (χ1) is 8.35. The first kappa shape index (κ1) is 14.9. The van der Waals surface area contributed by atoms with Gasteiger partial charge in [-0.15, -0.1) is 0 Å². The summed E-state index contributed by atoms with van der Waals surface area (Å²) in [6.45, 7) is 7.06. The standard InChI is InChI=1S/C12H22N2O4/c1-4-13-9-7-18-6-8(9)11(17)14-12(2,3)5-10(15)16/h8-9,13H,4-7H2,1-3H3,(H,14,17)(H,15,16). The molecule has 6 nitrogen and oxygen atoms in total. The number of carboxylic acid groups (broad SMARTS) is 1. The molecule has 0 aromatic heterocycles. The number of carbonyl (C=O) groups excluding carboxylic acids is 1. The molecular formula is C12H22N2O4. The SMILES string of the molecule is CCNC1COCC1C(=O)NC(C)(C)CC(=O)O. The molecule has 1 saturated heterocycles. The van der Waals surface area contributed by atoms with Gasteiger partial charge in [-0.05, 0) is 20.4 Å². The van der Waals surface area contributed by atoms with Crippen LogP contribution in [0.4, 0.5) is 0 Å². The zero-order valence-electron chi connectivity index (χ0n) is 11.2. The zero-order valence-corrected chi connectivity index (χ0v) is 11.2. The molecule has 2 atom stereocenters. The molecular weight excluding hydrogens is 236 g/mol. The maximum atomic E-state index is 12.1. The summed E-state index contributed by atoms with van der Waals surface area (Å²) >= 11 is 0. The van der Waals surface area contributed by atoms with Gasteiger partial charge >= 0.3 is 5.97 Å². The minimum Gasteiger partial charge on any atom is -0.481 e. The van der Waals surface area contributed by atoms with E-state index < -0.39 is 11.5 Å². The van der Waals surface area contributed by atoms with Crippen LogP contribution in [0.25, 0.3) is 0 Å². The van der Waals surface area contributed by atoms with Crippen LogP contribution in [0.5, 0.6) is 0 Å². The number of carbonyl (C=O) groups is 2. The number of nitrogens with one attached hydrogen (secondary N) is 2. The predicted octanol–water partition coefficient (Wildman–Crippen LogP) is -0.0196. The minimum absolute atomic E-state index is 0.00984. The molecule has 0 aliphatic carbocycles. The molecule has 0 saturated carbocycles. The summed E-state index contributed by atoms with van der Waals surface area (Å²) in [7, 11) is 0. The Morgan fingerprint density at radius 3 is 2.61 bits per heavy atom. The molecule has 1 amide bonds. The largest absolute Gasteiger partial charge is 0.481 e. The van der Waals surface area contributed by atoms with E-state index >= 15 is 0 Å². The van der Waals surface area contributed by atoms with E-state index in [-0.39, 0.29) is 24.3 Å². The van der Waals surface area contributed by atoms with Crippen molar-refractivity contribution in [3.05, 3.63) is 0 Å². The molecule has 104 valence electrons. The zero-order chi connectivity index (χ0) is 13.8. The van der Waals surface area contributed by atoms with Crippen molar-refractivity contribution in [2.75, 3.05) is 19.8 Å². The number of aliphatic carboxylic acids is 1. The molecule has 18 heavy (non-hydrogen) atoms. The van der Waals surface area contributed by atoms with Gasteiger partial charge in [0.25, 0.3) is 0 Å². The van der Waals surface area contributed by atoms with Gasteiger partial charge in [-0.2, -0.15) is 0 Å². The molecule has 1 heterocycles. The number of likely N-dealkylation sites (N-methyl/N-ethyl adjacent to an activating group) is 1. The van der Waals surface area contributed by atoms with Crippen molar-refractivity contribution in [2.24, 2.45) is 5.92 Å². The molecule has 6 heteroatoms. The van der Waals surface area contributed by atoms with Crippen molar-refractivity contribution < 1.29 is 19.4 Å². The van der Waals surface area contributed by atoms with Crippen LogP contribution in [0.15, 0.2) is 0 Å². The molecule has 1 fully saturated rings. The van der Waals surface area contributed by atoms with E-state index in [0.29, 0.717) is 13.2 Å². The van der Waals surface area contributed by atoms with Crippen molar-refractivity contribution in [1.29, 1.82) is 0 Å². The van der Waals surface area contributed by atoms with E-state index in [2.05, 4.69) is 10.6 Å². The van der Waals surface area contributed by atoms with Crippen LogP contribution in [0.2, 0.25) is 0 Å². The number of rotatable bonds is 6. The van der Waals surface area contributed by atoms with Gasteiger partial charge in [-0.1, -0.05) is 6.92 Å². The van der Waals surface area contributed by atoms with Gasteiger partial charge in [0.15, 0.2) is 0 Å². The van der Waals surface area contributed by atoms with Crippen LogP contribution in [0, 0.1) is 5.92 Å². The first-order valence-electron chi connectivity index (χ1n) is 6.20.